The largest absolute Gasteiger partial charge is 1.00 e. The summed E-state index contributed by atoms with van der Waals surface area (Å²) in [6, 6.07) is 7.30. The summed E-state index contributed by atoms with van der Waals surface area (Å²) >= 11 is 0. The number of hydrogen-bond donors (Lipinski definition) is 3. The van der Waals surface area contributed by atoms with Crippen molar-refractivity contribution in [3.63, 3.8) is 0 Å². The number of anilines is 1. The van der Waals surface area contributed by atoms with Crippen LogP contribution >= 0.6 is 0 Å². The average Bonchev–Trinajstić information content (AvgIpc) is 2.68. The Balaban J connectivity index is 0.00000480. The first-order chi connectivity index (χ1) is 14.0. The maximum absolute atomic E-state index is 11.7. The van der Waals surface area contributed by atoms with E-state index in [1.54, 1.807) is 6.92 Å². The van der Waals surface area contributed by atoms with E-state index >= 15 is 0 Å². The average molecular weight is 502 g/mol. The topological polar surface area (TPSA) is 168 Å². The van der Waals surface area contributed by atoms with Gasteiger partial charge in [-0.25, -0.2) is 16.8 Å². The minimum atomic E-state index is -4.87. The van der Waals surface area contributed by atoms with Crippen molar-refractivity contribution in [1.82, 2.24) is 5.48 Å². The molecule has 164 valence electrons. The van der Waals surface area contributed by atoms with Crippen LogP contribution < -0.4 is 69.9 Å². The van der Waals surface area contributed by atoms with Gasteiger partial charge in [0.25, 0.3) is 0 Å². The molecular formula is C18H20N2Na2O8S2. The molecule has 0 aliphatic carbocycles. The van der Waals surface area contributed by atoms with Gasteiger partial charge in [-0.2, -0.15) is 5.48 Å². The van der Waals surface area contributed by atoms with E-state index in [1.807, 2.05) is 5.48 Å². The van der Waals surface area contributed by atoms with E-state index in [4.69, 9.17) is 9.94 Å². The minimum absolute atomic E-state index is 0. The molecule has 2 aromatic carbocycles. The molecule has 0 bridgehead atoms. The number of nitrogens with one attached hydrogen (secondary N) is 2. The number of benzene rings is 2. The first kappa shape index (κ1) is 31.7. The Morgan fingerprint density at radius 1 is 0.969 bits per heavy atom. The minimum Gasteiger partial charge on any atom is -0.744 e. The van der Waals surface area contributed by atoms with Gasteiger partial charge < -0.3 is 24.4 Å². The summed E-state index contributed by atoms with van der Waals surface area (Å²) in [6.45, 7) is 1.64. The van der Waals surface area contributed by atoms with Crippen molar-refractivity contribution in [3.05, 3.63) is 53.1 Å². The fourth-order valence-electron chi connectivity index (χ4n) is 2.58. The fourth-order valence-corrected chi connectivity index (χ4v) is 3.98. The van der Waals surface area contributed by atoms with E-state index in [1.165, 1.54) is 43.5 Å². The summed E-state index contributed by atoms with van der Waals surface area (Å²) in [5.41, 5.74) is 2.64. The monoisotopic (exact) mass is 502 g/mol. The zero-order valence-electron chi connectivity index (χ0n) is 18.0. The molecule has 32 heavy (non-hydrogen) atoms. The van der Waals surface area contributed by atoms with Crippen molar-refractivity contribution in [3.8, 4) is 0 Å². The second-order valence-corrected chi connectivity index (χ2v) is 8.95. The maximum Gasteiger partial charge on any atom is 1.00 e. The van der Waals surface area contributed by atoms with Crippen LogP contribution in [0.4, 0.5) is 5.69 Å². The summed E-state index contributed by atoms with van der Waals surface area (Å²) < 4.78 is 74.7. The molecule has 10 nitrogen and oxygen atoms in total. The quantitative estimate of drug-likeness (QED) is 0.100. The molecule has 0 amide bonds. The summed E-state index contributed by atoms with van der Waals surface area (Å²) in [7, 11) is -8.29. The maximum atomic E-state index is 11.7. The first-order valence-electron chi connectivity index (χ1n) is 8.47. The van der Waals surface area contributed by atoms with E-state index in [0.29, 0.717) is 11.3 Å². The molecule has 0 saturated heterocycles. The molecule has 0 heterocycles. The molecule has 0 aliphatic heterocycles. The Bertz CT molecular complexity index is 1160. The molecule has 1 unspecified atom stereocenters. The smallest absolute Gasteiger partial charge is 0.744 e. The SMILES string of the molecule is COCNc1ccc(C=Cc2ccc(C(C)NO)cc2S(=O)(=O)[O-])c(S(=O)(=O)[O-])c1.[Na+].[Na+]. The van der Waals surface area contributed by atoms with Gasteiger partial charge in [0.05, 0.1) is 15.8 Å². The van der Waals surface area contributed by atoms with Crippen LogP contribution in [0.3, 0.4) is 0 Å². The summed E-state index contributed by atoms with van der Waals surface area (Å²) in [5.74, 6) is 0. The molecule has 3 N–H and O–H groups in total. The van der Waals surface area contributed by atoms with Crippen LogP contribution in [0, 0.1) is 0 Å². The summed E-state index contributed by atoms with van der Waals surface area (Å²) in [5, 5.41) is 11.8. The Kier molecular flexibility index (Phi) is 13.4. The third-order valence-electron chi connectivity index (χ3n) is 4.15. The van der Waals surface area contributed by atoms with E-state index in [2.05, 4.69) is 5.32 Å². The molecule has 0 radical (unpaired) electrons. The Labute approximate surface area is 231 Å². The number of hydroxylamine groups is 1. The third kappa shape index (κ3) is 8.80. The normalized spacial score (nSPS) is 12.7. The predicted octanol–water partition coefficient (Wildman–Crippen LogP) is -4.27. The van der Waals surface area contributed by atoms with Crippen molar-refractivity contribution < 1.29 is 95.0 Å². The molecule has 0 spiro atoms. The van der Waals surface area contributed by atoms with E-state index in [-0.39, 0.29) is 77.0 Å². The van der Waals surface area contributed by atoms with Gasteiger partial charge in [0.15, 0.2) is 0 Å². The first-order valence-corrected chi connectivity index (χ1v) is 11.3. The van der Waals surface area contributed by atoms with Crippen LogP contribution in [-0.4, -0.2) is 45.0 Å². The van der Waals surface area contributed by atoms with Crippen LogP contribution in [0.1, 0.15) is 29.7 Å². The number of ether oxygens (including phenoxy) is 1. The number of hydrogen-bond acceptors (Lipinski definition) is 10. The van der Waals surface area contributed by atoms with Crippen molar-refractivity contribution in [2.45, 2.75) is 22.8 Å². The third-order valence-corrected chi connectivity index (χ3v) is 5.93. The summed E-state index contributed by atoms with van der Waals surface area (Å²) in [4.78, 5) is -1.08. The molecule has 2 rings (SSSR count). The molecule has 14 heteroatoms. The van der Waals surface area contributed by atoms with Gasteiger partial charge in [-0.05, 0) is 41.8 Å². The van der Waals surface area contributed by atoms with Gasteiger partial charge in [0, 0.05) is 12.8 Å². The standard InChI is InChI=1S/C18H22N2O8S2.2Na/c1-12(20-21)15-6-5-13(17(9-15)29(22,23)24)3-4-14-7-8-16(19-11-28-2)10-18(14)30(25,26)27;;/h3-10,12,19-21H,11H2,1-2H3,(H,22,23,24)(H,25,26,27);;/q;2*+1/p-2. The van der Waals surface area contributed by atoms with Crippen molar-refractivity contribution >= 4 is 38.1 Å². The van der Waals surface area contributed by atoms with Crippen molar-refractivity contribution in [2.24, 2.45) is 0 Å². The predicted molar refractivity (Wildman–Crippen MR) is 107 cm³/mol. The number of rotatable bonds is 9. The molecule has 2 aromatic rings. The zero-order valence-corrected chi connectivity index (χ0v) is 23.7. The van der Waals surface area contributed by atoms with Gasteiger partial charge in [-0.1, -0.05) is 30.4 Å². The summed E-state index contributed by atoms with van der Waals surface area (Å²) in [6.07, 6.45) is 2.44. The van der Waals surface area contributed by atoms with Gasteiger partial charge in [-0.15, -0.1) is 0 Å². The zero-order chi connectivity index (χ0) is 22.5. The van der Waals surface area contributed by atoms with E-state index < -0.39 is 36.1 Å². The Morgan fingerprint density at radius 2 is 1.47 bits per heavy atom. The van der Waals surface area contributed by atoms with Crippen molar-refractivity contribution in [2.75, 3.05) is 19.2 Å². The Hall–Kier alpha value is -0.320. The van der Waals surface area contributed by atoms with E-state index in [9.17, 15) is 25.9 Å². The number of methoxy groups -OCH3 is 1. The van der Waals surface area contributed by atoms with Crippen LogP contribution in [-0.2, 0) is 25.0 Å². The molecular weight excluding hydrogens is 482 g/mol. The van der Waals surface area contributed by atoms with Gasteiger partial charge >= 0.3 is 59.1 Å². The second-order valence-electron chi connectivity index (χ2n) is 6.25. The van der Waals surface area contributed by atoms with Gasteiger partial charge in [-0.3, -0.25) is 0 Å². The van der Waals surface area contributed by atoms with Crippen molar-refractivity contribution in [1.29, 1.82) is 0 Å². The fraction of sp³-hybridized carbons (Fsp3) is 0.222. The van der Waals surface area contributed by atoms with Gasteiger partial charge in [0.1, 0.15) is 27.0 Å². The Morgan fingerprint density at radius 3 is 1.94 bits per heavy atom. The molecule has 0 saturated carbocycles. The molecule has 0 aliphatic rings. The second kappa shape index (κ2) is 13.5. The van der Waals surface area contributed by atoms with E-state index in [0.717, 1.165) is 12.1 Å². The van der Waals surface area contributed by atoms with Crippen LogP contribution in [0.25, 0.3) is 12.2 Å². The van der Waals surface area contributed by atoms with Gasteiger partial charge in [0.2, 0.25) is 0 Å². The molecule has 0 aromatic heterocycles. The van der Waals surface area contributed by atoms with Crippen LogP contribution in [0.2, 0.25) is 0 Å². The molecule has 1 atom stereocenters. The van der Waals surface area contributed by atoms with Crippen LogP contribution in [0.5, 0.6) is 0 Å². The molecule has 0 fully saturated rings. The van der Waals surface area contributed by atoms with Crippen LogP contribution in [0.15, 0.2) is 46.2 Å².